The quantitative estimate of drug-likeness (QED) is 0.219. The first kappa shape index (κ1) is 41.6. The first-order valence-electron chi connectivity index (χ1n) is 15.9. The molecule has 2 heterocycles. The van der Waals surface area contributed by atoms with Gasteiger partial charge in [0, 0.05) is 38.2 Å². The Morgan fingerprint density at radius 2 is 1.17 bits per heavy atom. The Kier molecular flexibility index (Phi) is 19.6. The molecular weight excluding hydrogens is 609 g/mol. The van der Waals surface area contributed by atoms with Crippen LogP contribution in [0.15, 0.2) is 54.6 Å². The summed E-state index contributed by atoms with van der Waals surface area (Å²) in [5.41, 5.74) is 10.1. The number of ketones is 1. The summed E-state index contributed by atoms with van der Waals surface area (Å²) in [6.07, 6.45) is 0.996. The van der Waals surface area contributed by atoms with Gasteiger partial charge in [0.25, 0.3) is 0 Å². The number of hydrogen-bond acceptors (Lipinski definition) is 6. The summed E-state index contributed by atoms with van der Waals surface area (Å²) < 4.78 is 10.3. The summed E-state index contributed by atoms with van der Waals surface area (Å²) in [5, 5.41) is 11.7. The summed E-state index contributed by atoms with van der Waals surface area (Å²) in [6.45, 7) is 21.0. The van der Waals surface area contributed by atoms with E-state index in [4.69, 9.17) is 26.8 Å². The molecule has 2 aliphatic heterocycles. The molecule has 0 radical (unpaired) electrons. The molecule has 8 heteroatoms. The van der Waals surface area contributed by atoms with Crippen molar-refractivity contribution >= 4 is 29.0 Å². The Morgan fingerprint density at radius 3 is 1.57 bits per heavy atom. The molecule has 3 aromatic rings. The number of aliphatic carboxylic acids is 1. The monoisotopic (exact) mass is 664 g/mol. The number of carbonyl (C=O) groups excluding carboxylic acids is 1. The molecule has 5 rings (SSSR count). The van der Waals surface area contributed by atoms with E-state index in [1.807, 2.05) is 64.1 Å². The van der Waals surface area contributed by atoms with Crippen molar-refractivity contribution in [1.29, 1.82) is 0 Å². The number of nitrogens with zero attached hydrogens (tertiary/aromatic N) is 1. The number of carboxylic acids is 1. The van der Waals surface area contributed by atoms with E-state index < -0.39 is 5.97 Å². The van der Waals surface area contributed by atoms with E-state index in [2.05, 4.69) is 42.3 Å². The lowest BCUT2D eigenvalue weighted by Crippen LogP contribution is -2.40. The van der Waals surface area contributed by atoms with Gasteiger partial charge in [-0.15, -0.1) is 0 Å². The normalized spacial score (nSPS) is 13.6. The van der Waals surface area contributed by atoms with Crippen molar-refractivity contribution in [3.05, 3.63) is 105 Å². The predicted molar refractivity (Wildman–Crippen MR) is 198 cm³/mol. The smallest absolute Gasteiger partial charge is 0.307 e. The van der Waals surface area contributed by atoms with E-state index in [1.54, 1.807) is 6.92 Å². The summed E-state index contributed by atoms with van der Waals surface area (Å²) >= 11 is 5.53. The molecule has 0 aliphatic carbocycles. The molecule has 0 spiro atoms. The largest absolute Gasteiger partial charge is 0.481 e. The minimum atomic E-state index is -0.774. The van der Waals surface area contributed by atoms with Crippen LogP contribution in [0.4, 0.5) is 0 Å². The number of hydrogen-bond donors (Lipinski definition) is 2. The Labute approximate surface area is 288 Å². The Balaban J connectivity index is 0.000000328. The zero-order chi connectivity index (χ0) is 34.1. The third-order valence-electron chi connectivity index (χ3n) is 7.68. The molecule has 7 nitrogen and oxygen atoms in total. The maximum absolute atomic E-state index is 11.0. The van der Waals surface area contributed by atoms with Gasteiger partial charge in [0.15, 0.2) is 5.78 Å². The van der Waals surface area contributed by atoms with E-state index in [1.165, 1.54) is 16.7 Å². The minimum Gasteiger partial charge on any atom is -0.481 e. The SMILES string of the molecule is C.C1COCCN1.CC(=O)c1cc(C)ccc1C.Cc1ccc(C)c(CC(=O)O)c1.Cc1ccc(C)c(CC(=S)N2CCOCC2)c1. The molecule has 0 atom stereocenters. The van der Waals surface area contributed by atoms with E-state index in [0.29, 0.717) is 0 Å². The van der Waals surface area contributed by atoms with Crippen LogP contribution >= 0.6 is 12.2 Å². The fourth-order valence-corrected chi connectivity index (χ4v) is 5.20. The number of nitrogens with one attached hydrogen (secondary N) is 1. The zero-order valence-corrected chi connectivity index (χ0v) is 29.5. The summed E-state index contributed by atoms with van der Waals surface area (Å²) in [4.78, 5) is 24.8. The third-order valence-corrected chi connectivity index (χ3v) is 8.08. The lowest BCUT2D eigenvalue weighted by atomic mass is 10.0. The molecule has 258 valence electrons. The van der Waals surface area contributed by atoms with Crippen molar-refractivity contribution in [3.63, 3.8) is 0 Å². The highest BCUT2D eigenvalue weighted by molar-refractivity contribution is 7.80. The first-order valence-corrected chi connectivity index (χ1v) is 16.3. The second-order valence-electron chi connectivity index (χ2n) is 11.8. The average Bonchev–Trinajstić information content (AvgIpc) is 3.04. The number of ether oxygens (including phenoxy) is 2. The summed E-state index contributed by atoms with van der Waals surface area (Å²) in [7, 11) is 0. The number of aryl methyl sites for hydroxylation is 6. The molecule has 0 unspecified atom stereocenters. The molecular formula is C39H56N2O5S. The molecule has 2 fully saturated rings. The standard InChI is InChI=1S/C14H19NOS.C10H12O2.C10H12O.C4H9NO.CH4/c1-11-3-4-12(2)13(9-11)10-14(17)15-5-7-16-8-6-15;1-7-3-4-8(2)9(5-7)6-10(11)12;1-7-4-5-8(2)10(6-7)9(3)11;1-3-6-4-2-5-1;/h3-4,9H,5-8,10H2,1-2H3;3-5H,6H2,1-2H3,(H,11,12);4-6H,1-3H3;5H,1-4H2;1H4. The summed E-state index contributed by atoms with van der Waals surface area (Å²) in [6, 6.07) is 18.3. The van der Waals surface area contributed by atoms with Gasteiger partial charge < -0.3 is 24.8 Å². The van der Waals surface area contributed by atoms with Crippen LogP contribution in [0.1, 0.15) is 69.2 Å². The number of morpholine rings is 2. The lowest BCUT2D eigenvalue weighted by molar-refractivity contribution is -0.136. The van der Waals surface area contributed by atoms with Gasteiger partial charge in [-0.3, -0.25) is 9.59 Å². The fraction of sp³-hybridized carbons (Fsp3) is 0.462. The van der Waals surface area contributed by atoms with Gasteiger partial charge in [-0.1, -0.05) is 84.9 Å². The zero-order valence-electron chi connectivity index (χ0n) is 28.7. The van der Waals surface area contributed by atoms with Crippen molar-refractivity contribution in [2.24, 2.45) is 0 Å². The molecule has 0 aromatic heterocycles. The van der Waals surface area contributed by atoms with Gasteiger partial charge in [-0.2, -0.15) is 0 Å². The van der Waals surface area contributed by atoms with Crippen LogP contribution in [-0.4, -0.2) is 79.4 Å². The highest BCUT2D eigenvalue weighted by Gasteiger charge is 2.14. The van der Waals surface area contributed by atoms with Gasteiger partial charge >= 0.3 is 5.97 Å². The van der Waals surface area contributed by atoms with Crippen molar-refractivity contribution in [2.45, 2.75) is 68.7 Å². The van der Waals surface area contributed by atoms with Crippen LogP contribution in [-0.2, 0) is 27.1 Å². The van der Waals surface area contributed by atoms with E-state index in [0.717, 1.165) is 97.4 Å². The van der Waals surface area contributed by atoms with Crippen LogP contribution in [0.5, 0.6) is 0 Å². The van der Waals surface area contributed by atoms with Crippen LogP contribution in [0.2, 0.25) is 0 Å². The topological polar surface area (TPSA) is 88.1 Å². The van der Waals surface area contributed by atoms with E-state index >= 15 is 0 Å². The van der Waals surface area contributed by atoms with Crippen LogP contribution in [0.3, 0.4) is 0 Å². The number of Topliss-reactive ketones (excluding diaryl/α,β-unsaturated/α-hetero) is 1. The average molecular weight is 665 g/mol. The lowest BCUT2D eigenvalue weighted by Gasteiger charge is -2.29. The van der Waals surface area contributed by atoms with Gasteiger partial charge in [-0.05, 0) is 82.3 Å². The second kappa shape index (κ2) is 22.2. The Morgan fingerprint density at radius 1 is 0.723 bits per heavy atom. The highest BCUT2D eigenvalue weighted by Crippen LogP contribution is 2.14. The molecule has 47 heavy (non-hydrogen) atoms. The van der Waals surface area contributed by atoms with Crippen LogP contribution in [0.25, 0.3) is 0 Å². The number of carbonyl (C=O) groups is 2. The molecule has 2 N–H and O–H groups in total. The van der Waals surface area contributed by atoms with Gasteiger partial charge in [0.2, 0.25) is 0 Å². The maximum Gasteiger partial charge on any atom is 0.307 e. The van der Waals surface area contributed by atoms with Crippen molar-refractivity contribution in [2.75, 3.05) is 52.6 Å². The van der Waals surface area contributed by atoms with Crippen molar-refractivity contribution in [1.82, 2.24) is 10.2 Å². The summed E-state index contributed by atoms with van der Waals surface area (Å²) in [5.74, 6) is -0.630. The molecule has 2 aliphatic rings. The first-order chi connectivity index (χ1) is 21.9. The maximum atomic E-state index is 11.0. The van der Waals surface area contributed by atoms with Crippen molar-refractivity contribution in [3.8, 4) is 0 Å². The van der Waals surface area contributed by atoms with E-state index in [9.17, 15) is 9.59 Å². The van der Waals surface area contributed by atoms with E-state index in [-0.39, 0.29) is 19.6 Å². The number of carboxylic acid groups (broad SMARTS) is 1. The predicted octanol–water partition coefficient (Wildman–Crippen LogP) is 7.18. The number of rotatable bonds is 5. The minimum absolute atomic E-state index is 0. The third kappa shape index (κ3) is 16.3. The Hall–Kier alpha value is -3.43. The van der Waals surface area contributed by atoms with Gasteiger partial charge in [0.1, 0.15) is 0 Å². The van der Waals surface area contributed by atoms with Gasteiger partial charge in [0.05, 0.1) is 37.8 Å². The Bertz CT molecular complexity index is 1420. The highest BCUT2D eigenvalue weighted by atomic mass is 32.1. The number of benzene rings is 3. The molecule has 0 bridgehead atoms. The molecule has 0 amide bonds. The van der Waals surface area contributed by atoms with Crippen molar-refractivity contribution < 1.29 is 24.2 Å². The molecule has 2 saturated heterocycles. The second-order valence-corrected chi connectivity index (χ2v) is 12.3. The number of thiocarbonyl (C=S) groups is 1. The molecule has 3 aromatic carbocycles. The van der Waals surface area contributed by atoms with Crippen LogP contribution in [0, 0.1) is 41.5 Å². The van der Waals surface area contributed by atoms with Crippen LogP contribution < -0.4 is 5.32 Å². The fourth-order valence-electron chi connectivity index (χ4n) is 4.86. The molecule has 0 saturated carbocycles. The van der Waals surface area contributed by atoms with Gasteiger partial charge in [-0.25, -0.2) is 0 Å².